The van der Waals surface area contributed by atoms with Crippen molar-refractivity contribution in [2.24, 2.45) is 5.92 Å². The number of nitrogens with zero attached hydrogens (tertiary/aromatic N) is 1. The maximum Gasteiger partial charge on any atom is 0.236 e. The van der Waals surface area contributed by atoms with Crippen molar-refractivity contribution in [1.82, 2.24) is 10.2 Å². The number of amides is 1. The van der Waals surface area contributed by atoms with E-state index in [1.165, 1.54) is 12.8 Å². The van der Waals surface area contributed by atoms with Crippen LogP contribution in [0.1, 0.15) is 19.3 Å². The molecule has 0 aromatic heterocycles. The average Bonchev–Trinajstić information content (AvgIpc) is 2.19. The van der Waals surface area contributed by atoms with Gasteiger partial charge in [-0.2, -0.15) is 0 Å². The van der Waals surface area contributed by atoms with Gasteiger partial charge in [-0.1, -0.05) is 12.2 Å². The van der Waals surface area contributed by atoms with Crippen molar-refractivity contribution in [2.75, 3.05) is 27.2 Å². The molecule has 1 aliphatic carbocycles. The van der Waals surface area contributed by atoms with E-state index >= 15 is 0 Å². The first-order chi connectivity index (χ1) is 6.70. The van der Waals surface area contributed by atoms with Gasteiger partial charge in [0.15, 0.2) is 0 Å². The Morgan fingerprint density at radius 2 is 2.29 bits per heavy atom. The zero-order valence-corrected chi connectivity index (χ0v) is 9.12. The second-order valence-electron chi connectivity index (χ2n) is 4.07. The highest BCUT2D eigenvalue weighted by atomic mass is 16.2. The molecule has 0 aromatic rings. The van der Waals surface area contributed by atoms with Crippen molar-refractivity contribution in [3.63, 3.8) is 0 Å². The Balaban J connectivity index is 2.09. The second kappa shape index (κ2) is 5.81. The molecule has 0 bridgehead atoms. The molecule has 3 nitrogen and oxygen atoms in total. The lowest BCUT2D eigenvalue weighted by Crippen LogP contribution is -2.35. The summed E-state index contributed by atoms with van der Waals surface area (Å²) in [6.45, 7) is 1.43. The maximum absolute atomic E-state index is 11.2. The van der Waals surface area contributed by atoms with E-state index in [-0.39, 0.29) is 5.91 Å². The highest BCUT2D eigenvalue weighted by Gasteiger charge is 2.10. The van der Waals surface area contributed by atoms with Gasteiger partial charge in [0.2, 0.25) is 5.91 Å². The minimum Gasteiger partial charge on any atom is -0.348 e. The average molecular weight is 196 g/mol. The number of nitrogens with one attached hydrogen (secondary N) is 1. The summed E-state index contributed by atoms with van der Waals surface area (Å²) in [7, 11) is 3.57. The third kappa shape index (κ3) is 3.92. The Morgan fingerprint density at radius 3 is 2.86 bits per heavy atom. The van der Waals surface area contributed by atoms with Gasteiger partial charge in [0, 0.05) is 14.1 Å². The molecule has 1 aliphatic rings. The smallest absolute Gasteiger partial charge is 0.236 e. The normalized spacial score (nSPS) is 20.9. The molecule has 0 unspecified atom stereocenters. The largest absolute Gasteiger partial charge is 0.348 e. The van der Waals surface area contributed by atoms with Gasteiger partial charge < -0.3 is 10.2 Å². The lowest BCUT2D eigenvalue weighted by Gasteiger charge is -2.18. The highest BCUT2D eigenvalue weighted by Crippen LogP contribution is 2.16. The SMILES string of the molecule is CN(C)C(=O)CNC[C@H]1CC=CCC1. The summed E-state index contributed by atoms with van der Waals surface area (Å²) in [4.78, 5) is 12.9. The van der Waals surface area contributed by atoms with Crippen LogP contribution in [0.3, 0.4) is 0 Å². The predicted octanol–water partition coefficient (Wildman–Crippen LogP) is 1.02. The fourth-order valence-electron chi connectivity index (χ4n) is 1.58. The Labute approximate surface area is 86.2 Å². The molecule has 0 spiro atoms. The first-order valence-corrected chi connectivity index (χ1v) is 5.26. The van der Waals surface area contributed by atoms with Crippen molar-refractivity contribution in [3.8, 4) is 0 Å². The van der Waals surface area contributed by atoms with Gasteiger partial charge in [0.05, 0.1) is 6.54 Å². The third-order valence-corrected chi connectivity index (χ3v) is 2.59. The summed E-state index contributed by atoms with van der Waals surface area (Å²) in [5, 5.41) is 3.21. The predicted molar refractivity (Wildman–Crippen MR) is 58.0 cm³/mol. The summed E-state index contributed by atoms with van der Waals surface area (Å²) >= 11 is 0. The van der Waals surface area contributed by atoms with Crippen LogP contribution in [-0.2, 0) is 4.79 Å². The molecule has 0 aromatic carbocycles. The van der Waals surface area contributed by atoms with E-state index in [9.17, 15) is 4.79 Å². The number of rotatable bonds is 4. The number of hydrogen-bond acceptors (Lipinski definition) is 2. The number of carbonyl (C=O) groups is 1. The van der Waals surface area contributed by atoms with Crippen LogP contribution in [0, 0.1) is 5.92 Å². The lowest BCUT2D eigenvalue weighted by atomic mass is 9.94. The van der Waals surface area contributed by atoms with Crippen molar-refractivity contribution < 1.29 is 4.79 Å². The van der Waals surface area contributed by atoms with Gasteiger partial charge in [-0.25, -0.2) is 0 Å². The summed E-state index contributed by atoms with van der Waals surface area (Å²) in [6, 6.07) is 0. The lowest BCUT2D eigenvalue weighted by molar-refractivity contribution is -0.127. The molecule has 1 atom stereocenters. The molecule has 1 N–H and O–H groups in total. The van der Waals surface area contributed by atoms with Crippen molar-refractivity contribution in [1.29, 1.82) is 0 Å². The monoisotopic (exact) mass is 196 g/mol. The van der Waals surface area contributed by atoms with E-state index in [0.29, 0.717) is 6.54 Å². The summed E-state index contributed by atoms with van der Waals surface area (Å²) in [5.74, 6) is 0.867. The van der Waals surface area contributed by atoms with E-state index in [0.717, 1.165) is 18.9 Å². The van der Waals surface area contributed by atoms with Crippen LogP contribution in [0.2, 0.25) is 0 Å². The van der Waals surface area contributed by atoms with Crippen molar-refractivity contribution >= 4 is 5.91 Å². The molecule has 1 rings (SSSR count). The van der Waals surface area contributed by atoms with Gasteiger partial charge in [-0.3, -0.25) is 4.79 Å². The molecule has 14 heavy (non-hydrogen) atoms. The molecule has 3 heteroatoms. The molecule has 1 amide bonds. The van der Waals surface area contributed by atoms with E-state index in [4.69, 9.17) is 0 Å². The number of hydrogen-bond donors (Lipinski definition) is 1. The fraction of sp³-hybridized carbons (Fsp3) is 0.727. The molecule has 80 valence electrons. The maximum atomic E-state index is 11.2. The molecular formula is C11H20N2O. The van der Waals surface area contributed by atoms with Crippen LogP contribution in [0.25, 0.3) is 0 Å². The van der Waals surface area contributed by atoms with Crippen molar-refractivity contribution in [3.05, 3.63) is 12.2 Å². The first kappa shape index (κ1) is 11.2. The van der Waals surface area contributed by atoms with Gasteiger partial charge in [-0.05, 0) is 31.7 Å². The Hall–Kier alpha value is -0.830. The number of carbonyl (C=O) groups excluding carboxylic acids is 1. The van der Waals surface area contributed by atoms with Gasteiger partial charge in [0.25, 0.3) is 0 Å². The summed E-state index contributed by atoms with van der Waals surface area (Å²) < 4.78 is 0. The topological polar surface area (TPSA) is 32.3 Å². The zero-order valence-electron chi connectivity index (χ0n) is 9.12. The van der Waals surface area contributed by atoms with E-state index in [1.54, 1.807) is 19.0 Å². The van der Waals surface area contributed by atoms with Gasteiger partial charge in [0.1, 0.15) is 0 Å². The van der Waals surface area contributed by atoms with E-state index in [1.807, 2.05) is 0 Å². The summed E-state index contributed by atoms with van der Waals surface area (Å²) in [6.07, 6.45) is 8.07. The standard InChI is InChI=1S/C11H20N2O/c1-13(2)11(14)9-12-8-10-6-4-3-5-7-10/h3-4,10,12H,5-9H2,1-2H3/t10-/m0/s1. The van der Waals surface area contributed by atoms with Crippen LogP contribution >= 0.6 is 0 Å². The molecule has 0 aliphatic heterocycles. The highest BCUT2D eigenvalue weighted by molar-refractivity contribution is 5.77. The first-order valence-electron chi connectivity index (χ1n) is 5.26. The Bertz CT molecular complexity index is 211. The van der Waals surface area contributed by atoms with Gasteiger partial charge in [-0.15, -0.1) is 0 Å². The fourth-order valence-corrected chi connectivity index (χ4v) is 1.58. The Kier molecular flexibility index (Phi) is 4.66. The molecule has 0 radical (unpaired) electrons. The molecule has 0 fully saturated rings. The van der Waals surface area contributed by atoms with Crippen LogP contribution < -0.4 is 5.32 Å². The van der Waals surface area contributed by atoms with Crippen molar-refractivity contribution in [2.45, 2.75) is 19.3 Å². The van der Waals surface area contributed by atoms with Crippen LogP contribution in [0.4, 0.5) is 0 Å². The minimum absolute atomic E-state index is 0.149. The second-order valence-corrected chi connectivity index (χ2v) is 4.07. The number of likely N-dealkylation sites (N-methyl/N-ethyl adjacent to an activating group) is 1. The minimum atomic E-state index is 0.149. The Morgan fingerprint density at radius 1 is 1.50 bits per heavy atom. The van der Waals surface area contributed by atoms with Crippen LogP contribution in [0.5, 0.6) is 0 Å². The van der Waals surface area contributed by atoms with E-state index in [2.05, 4.69) is 17.5 Å². The van der Waals surface area contributed by atoms with Crippen LogP contribution in [0.15, 0.2) is 12.2 Å². The zero-order chi connectivity index (χ0) is 10.4. The number of allylic oxidation sites excluding steroid dienone is 2. The molecule has 0 saturated heterocycles. The van der Waals surface area contributed by atoms with Crippen LogP contribution in [-0.4, -0.2) is 38.0 Å². The van der Waals surface area contributed by atoms with Gasteiger partial charge >= 0.3 is 0 Å². The van der Waals surface area contributed by atoms with E-state index < -0.39 is 0 Å². The summed E-state index contributed by atoms with van der Waals surface area (Å²) in [5.41, 5.74) is 0. The molecule has 0 heterocycles. The quantitative estimate of drug-likeness (QED) is 0.681. The molecular weight excluding hydrogens is 176 g/mol. The third-order valence-electron chi connectivity index (χ3n) is 2.59. The molecule has 0 saturated carbocycles.